The summed E-state index contributed by atoms with van der Waals surface area (Å²) in [5, 5.41) is 10.3. The van der Waals surface area contributed by atoms with Crippen LogP contribution in [0.3, 0.4) is 0 Å². The zero-order valence-electron chi connectivity index (χ0n) is 14.8. The quantitative estimate of drug-likeness (QED) is 0.815. The first-order valence-electron chi connectivity index (χ1n) is 7.72. The van der Waals surface area contributed by atoms with Crippen LogP contribution in [0, 0.1) is 6.92 Å². The van der Waals surface area contributed by atoms with E-state index in [0.717, 1.165) is 9.87 Å². The van der Waals surface area contributed by atoms with Gasteiger partial charge < -0.3 is 14.6 Å². The predicted octanol–water partition coefficient (Wildman–Crippen LogP) is 2.37. The van der Waals surface area contributed by atoms with E-state index in [4.69, 9.17) is 9.47 Å². The van der Waals surface area contributed by atoms with Gasteiger partial charge in [-0.25, -0.2) is 8.42 Å². The molecule has 136 valence electrons. The van der Waals surface area contributed by atoms with Crippen molar-refractivity contribution < 1.29 is 23.0 Å². The Bertz CT molecular complexity index is 818. The van der Waals surface area contributed by atoms with Gasteiger partial charge in [0.05, 0.1) is 25.2 Å². The molecule has 0 aliphatic carbocycles. The molecule has 1 atom stereocenters. The summed E-state index contributed by atoms with van der Waals surface area (Å²) in [5.41, 5.74) is 1.35. The van der Waals surface area contributed by atoms with Crippen LogP contribution < -0.4 is 9.47 Å². The van der Waals surface area contributed by atoms with Crippen molar-refractivity contribution in [3.05, 3.63) is 53.6 Å². The molecule has 0 aromatic heterocycles. The fourth-order valence-electron chi connectivity index (χ4n) is 2.46. The number of hydrogen-bond donors (Lipinski definition) is 1. The summed E-state index contributed by atoms with van der Waals surface area (Å²) >= 11 is 0. The summed E-state index contributed by atoms with van der Waals surface area (Å²) in [7, 11) is 0.831. The molecule has 0 saturated heterocycles. The fourth-order valence-corrected chi connectivity index (χ4v) is 3.73. The molecule has 1 unspecified atom stereocenters. The highest BCUT2D eigenvalue weighted by atomic mass is 32.2. The lowest BCUT2D eigenvalue weighted by atomic mass is 10.1. The van der Waals surface area contributed by atoms with Crippen LogP contribution in [0.1, 0.15) is 17.2 Å². The van der Waals surface area contributed by atoms with Crippen molar-refractivity contribution in [2.45, 2.75) is 17.9 Å². The average Bonchev–Trinajstić information content (AvgIpc) is 2.61. The van der Waals surface area contributed by atoms with Crippen LogP contribution in [0.15, 0.2) is 47.4 Å². The summed E-state index contributed by atoms with van der Waals surface area (Å²) in [4.78, 5) is 0.162. The molecule has 2 aromatic rings. The van der Waals surface area contributed by atoms with Gasteiger partial charge in [0, 0.05) is 13.6 Å². The summed E-state index contributed by atoms with van der Waals surface area (Å²) in [6.07, 6.45) is -0.940. The van der Waals surface area contributed by atoms with E-state index in [1.807, 2.05) is 0 Å². The molecule has 0 aliphatic rings. The van der Waals surface area contributed by atoms with E-state index in [9.17, 15) is 13.5 Å². The Labute approximate surface area is 148 Å². The van der Waals surface area contributed by atoms with E-state index in [2.05, 4.69) is 0 Å². The Balaban J connectivity index is 2.17. The molecule has 2 rings (SSSR count). The number of sulfonamides is 1. The van der Waals surface area contributed by atoms with Crippen molar-refractivity contribution in [1.82, 2.24) is 4.31 Å². The Morgan fingerprint density at radius 3 is 2.24 bits per heavy atom. The van der Waals surface area contributed by atoms with Crippen LogP contribution in [-0.2, 0) is 10.0 Å². The highest BCUT2D eigenvalue weighted by Gasteiger charge is 2.24. The Morgan fingerprint density at radius 1 is 1.08 bits per heavy atom. The van der Waals surface area contributed by atoms with Crippen molar-refractivity contribution in [3.63, 3.8) is 0 Å². The number of benzene rings is 2. The molecule has 7 heteroatoms. The minimum Gasteiger partial charge on any atom is -0.497 e. The van der Waals surface area contributed by atoms with E-state index in [-0.39, 0.29) is 11.4 Å². The Kier molecular flexibility index (Phi) is 6.05. The molecule has 6 nitrogen and oxygen atoms in total. The molecular weight excluding hydrogens is 342 g/mol. The Hall–Kier alpha value is -2.09. The molecule has 0 bridgehead atoms. The standard InChI is InChI=1S/C18H23NO5S/c1-13-11-16(9-10-18(13)24-4)25(21,22)19(2)12-17(20)14-5-7-15(23-3)8-6-14/h5-11,17,20H,12H2,1-4H3. The van der Waals surface area contributed by atoms with Crippen LogP contribution in [0.4, 0.5) is 0 Å². The first kappa shape index (κ1) is 19.2. The lowest BCUT2D eigenvalue weighted by Crippen LogP contribution is -2.31. The highest BCUT2D eigenvalue weighted by molar-refractivity contribution is 7.89. The van der Waals surface area contributed by atoms with Gasteiger partial charge in [-0.05, 0) is 48.4 Å². The normalized spacial score (nSPS) is 12.9. The number of aliphatic hydroxyl groups excluding tert-OH is 1. The zero-order chi connectivity index (χ0) is 18.6. The van der Waals surface area contributed by atoms with Gasteiger partial charge in [0.15, 0.2) is 0 Å². The van der Waals surface area contributed by atoms with Crippen molar-refractivity contribution in [3.8, 4) is 11.5 Å². The van der Waals surface area contributed by atoms with E-state index < -0.39 is 16.1 Å². The molecular formula is C18H23NO5S. The van der Waals surface area contributed by atoms with Gasteiger partial charge in [-0.1, -0.05) is 12.1 Å². The molecule has 0 fully saturated rings. The molecule has 0 radical (unpaired) electrons. The maximum atomic E-state index is 12.7. The number of aliphatic hydroxyl groups is 1. The third-order valence-corrected chi connectivity index (χ3v) is 5.82. The SMILES string of the molecule is COc1ccc(C(O)CN(C)S(=O)(=O)c2ccc(OC)c(C)c2)cc1. The maximum absolute atomic E-state index is 12.7. The van der Waals surface area contributed by atoms with E-state index in [1.54, 1.807) is 50.4 Å². The summed E-state index contributed by atoms with van der Waals surface area (Å²) in [6.45, 7) is 1.73. The van der Waals surface area contributed by atoms with Crippen LogP contribution >= 0.6 is 0 Å². The molecule has 0 spiro atoms. The topological polar surface area (TPSA) is 76.1 Å². The lowest BCUT2D eigenvalue weighted by molar-refractivity contribution is 0.155. The number of hydrogen-bond acceptors (Lipinski definition) is 5. The molecule has 0 saturated carbocycles. The van der Waals surface area contributed by atoms with Crippen LogP contribution in [0.5, 0.6) is 11.5 Å². The van der Waals surface area contributed by atoms with Crippen molar-refractivity contribution in [1.29, 1.82) is 0 Å². The summed E-state index contributed by atoms with van der Waals surface area (Å²) in [5.74, 6) is 1.30. The minimum atomic E-state index is -3.71. The second-order valence-corrected chi connectivity index (χ2v) is 7.75. The molecule has 1 N–H and O–H groups in total. The maximum Gasteiger partial charge on any atom is 0.242 e. The van der Waals surface area contributed by atoms with Crippen LogP contribution in [0.25, 0.3) is 0 Å². The number of methoxy groups -OCH3 is 2. The fraction of sp³-hybridized carbons (Fsp3) is 0.333. The number of ether oxygens (including phenoxy) is 2. The number of likely N-dealkylation sites (N-methyl/N-ethyl adjacent to an activating group) is 1. The predicted molar refractivity (Wildman–Crippen MR) is 95.5 cm³/mol. The first-order valence-corrected chi connectivity index (χ1v) is 9.16. The molecule has 0 heterocycles. The number of rotatable bonds is 7. The van der Waals surface area contributed by atoms with Gasteiger partial charge in [-0.15, -0.1) is 0 Å². The molecule has 0 amide bonds. The van der Waals surface area contributed by atoms with Gasteiger partial charge in [0.1, 0.15) is 11.5 Å². The first-order chi connectivity index (χ1) is 11.8. The van der Waals surface area contributed by atoms with E-state index in [1.165, 1.54) is 20.2 Å². The second kappa shape index (κ2) is 7.86. The molecule has 2 aromatic carbocycles. The third kappa shape index (κ3) is 4.31. The Morgan fingerprint density at radius 2 is 1.72 bits per heavy atom. The molecule has 25 heavy (non-hydrogen) atoms. The lowest BCUT2D eigenvalue weighted by Gasteiger charge is -2.21. The largest absolute Gasteiger partial charge is 0.497 e. The van der Waals surface area contributed by atoms with E-state index in [0.29, 0.717) is 17.1 Å². The van der Waals surface area contributed by atoms with Gasteiger partial charge >= 0.3 is 0 Å². The summed E-state index contributed by atoms with van der Waals surface area (Å²) < 4.78 is 36.8. The van der Waals surface area contributed by atoms with Gasteiger partial charge in [0.25, 0.3) is 0 Å². The smallest absolute Gasteiger partial charge is 0.242 e. The van der Waals surface area contributed by atoms with Crippen molar-refractivity contribution in [2.75, 3.05) is 27.8 Å². The second-order valence-electron chi connectivity index (χ2n) is 5.71. The highest BCUT2D eigenvalue weighted by Crippen LogP contribution is 2.25. The molecule has 0 aliphatic heterocycles. The number of aryl methyl sites for hydroxylation is 1. The van der Waals surface area contributed by atoms with Crippen molar-refractivity contribution >= 4 is 10.0 Å². The monoisotopic (exact) mass is 365 g/mol. The number of nitrogens with zero attached hydrogens (tertiary/aromatic N) is 1. The summed E-state index contributed by atoms with van der Waals surface area (Å²) in [6, 6.07) is 11.5. The van der Waals surface area contributed by atoms with Crippen molar-refractivity contribution in [2.24, 2.45) is 0 Å². The zero-order valence-corrected chi connectivity index (χ0v) is 15.6. The minimum absolute atomic E-state index is 0.0558. The van der Waals surface area contributed by atoms with Gasteiger partial charge in [-0.3, -0.25) is 0 Å². The average molecular weight is 365 g/mol. The van der Waals surface area contributed by atoms with E-state index >= 15 is 0 Å². The van der Waals surface area contributed by atoms with Crippen LogP contribution in [0.2, 0.25) is 0 Å². The van der Waals surface area contributed by atoms with Gasteiger partial charge in [-0.2, -0.15) is 4.31 Å². The third-order valence-electron chi connectivity index (χ3n) is 4.01. The van der Waals surface area contributed by atoms with Gasteiger partial charge in [0.2, 0.25) is 10.0 Å². The van der Waals surface area contributed by atoms with Crippen LogP contribution in [-0.4, -0.2) is 45.6 Å².